The molecule has 0 aliphatic rings. The normalized spacial score (nSPS) is 12.4. The fourth-order valence-electron chi connectivity index (χ4n) is 1.31. The Morgan fingerprint density at radius 3 is 2.94 bits per heavy atom. The smallest absolute Gasteiger partial charge is 0.330 e. The molecule has 0 amide bonds. The first kappa shape index (κ1) is 14.1. The number of thiazole rings is 1. The van der Waals surface area contributed by atoms with Crippen LogP contribution in [0.4, 0.5) is 0 Å². The van der Waals surface area contributed by atoms with Gasteiger partial charge in [-0.3, -0.25) is 5.32 Å². The molecule has 96 valence electrons. The summed E-state index contributed by atoms with van der Waals surface area (Å²) in [5.41, 5.74) is 0.910. The molecule has 0 radical (unpaired) electrons. The second-order valence-electron chi connectivity index (χ2n) is 3.46. The SMILES string of the molecule is CCOC(=O)C(NCCOC)c1nc(C)cs1. The molecular weight excluding hydrogens is 240 g/mol. The van der Waals surface area contributed by atoms with E-state index in [1.807, 2.05) is 12.3 Å². The minimum atomic E-state index is -0.496. The average molecular weight is 258 g/mol. The zero-order chi connectivity index (χ0) is 12.7. The molecule has 0 bridgehead atoms. The molecule has 0 aliphatic carbocycles. The monoisotopic (exact) mass is 258 g/mol. The molecule has 0 saturated carbocycles. The average Bonchev–Trinajstić information content (AvgIpc) is 2.71. The van der Waals surface area contributed by atoms with E-state index in [0.717, 1.165) is 10.7 Å². The molecule has 1 atom stereocenters. The van der Waals surface area contributed by atoms with E-state index in [1.165, 1.54) is 11.3 Å². The molecule has 0 fully saturated rings. The summed E-state index contributed by atoms with van der Waals surface area (Å²) in [4.78, 5) is 16.1. The number of esters is 1. The number of methoxy groups -OCH3 is 1. The van der Waals surface area contributed by atoms with Gasteiger partial charge in [-0.2, -0.15) is 0 Å². The van der Waals surface area contributed by atoms with Crippen LogP contribution in [0.15, 0.2) is 5.38 Å². The second-order valence-corrected chi connectivity index (χ2v) is 4.35. The third-order valence-corrected chi connectivity index (χ3v) is 3.09. The van der Waals surface area contributed by atoms with Crippen LogP contribution in [0, 0.1) is 6.92 Å². The lowest BCUT2D eigenvalue weighted by atomic mass is 10.3. The first-order valence-corrected chi connectivity index (χ1v) is 6.38. The van der Waals surface area contributed by atoms with Crippen molar-refractivity contribution in [2.24, 2.45) is 0 Å². The highest BCUT2D eigenvalue weighted by Crippen LogP contribution is 2.19. The number of nitrogens with one attached hydrogen (secondary N) is 1. The molecule has 1 heterocycles. The quantitative estimate of drug-likeness (QED) is 0.590. The number of hydrogen-bond donors (Lipinski definition) is 1. The van der Waals surface area contributed by atoms with Crippen LogP contribution >= 0.6 is 11.3 Å². The summed E-state index contributed by atoms with van der Waals surface area (Å²) in [6.07, 6.45) is 0. The molecule has 1 aromatic rings. The van der Waals surface area contributed by atoms with Gasteiger partial charge in [0, 0.05) is 24.7 Å². The van der Waals surface area contributed by atoms with Crippen LogP contribution in [-0.4, -0.2) is 37.8 Å². The maximum Gasteiger partial charge on any atom is 0.330 e. The molecule has 1 unspecified atom stereocenters. The van der Waals surface area contributed by atoms with Crippen LogP contribution in [-0.2, 0) is 14.3 Å². The summed E-state index contributed by atoms with van der Waals surface area (Å²) in [7, 11) is 1.62. The Kier molecular flexibility index (Phi) is 6.10. The van der Waals surface area contributed by atoms with E-state index in [-0.39, 0.29) is 5.97 Å². The fourth-order valence-corrected chi connectivity index (χ4v) is 2.16. The maximum absolute atomic E-state index is 11.8. The van der Waals surface area contributed by atoms with Gasteiger partial charge < -0.3 is 9.47 Å². The highest BCUT2D eigenvalue weighted by molar-refractivity contribution is 7.09. The Balaban J connectivity index is 2.68. The van der Waals surface area contributed by atoms with Gasteiger partial charge >= 0.3 is 5.97 Å². The highest BCUT2D eigenvalue weighted by Gasteiger charge is 2.24. The number of carbonyl (C=O) groups is 1. The van der Waals surface area contributed by atoms with E-state index in [0.29, 0.717) is 19.8 Å². The fraction of sp³-hybridized carbons (Fsp3) is 0.636. The molecule has 0 aliphatic heterocycles. The Bertz CT molecular complexity index is 354. The highest BCUT2D eigenvalue weighted by atomic mass is 32.1. The standard InChI is InChI=1S/C11H18N2O3S/c1-4-16-11(14)9(12-5-6-15-3)10-13-8(2)7-17-10/h7,9,12H,4-6H2,1-3H3. The third-order valence-electron chi connectivity index (χ3n) is 2.06. The topological polar surface area (TPSA) is 60.5 Å². The van der Waals surface area contributed by atoms with Gasteiger partial charge in [-0.25, -0.2) is 9.78 Å². The molecule has 17 heavy (non-hydrogen) atoms. The van der Waals surface area contributed by atoms with Crippen molar-refractivity contribution in [2.45, 2.75) is 19.9 Å². The maximum atomic E-state index is 11.8. The molecule has 0 saturated heterocycles. The number of carbonyl (C=O) groups excluding carboxylic acids is 1. The molecule has 0 aromatic carbocycles. The van der Waals surface area contributed by atoms with Crippen LogP contribution in [0.25, 0.3) is 0 Å². The number of aryl methyl sites for hydroxylation is 1. The second kappa shape index (κ2) is 7.37. The Hall–Kier alpha value is -0.980. The number of nitrogens with zero attached hydrogens (tertiary/aromatic N) is 1. The van der Waals surface area contributed by atoms with Crippen LogP contribution in [0.1, 0.15) is 23.7 Å². The molecule has 1 aromatic heterocycles. The van der Waals surface area contributed by atoms with Gasteiger partial charge in [-0.05, 0) is 13.8 Å². The minimum Gasteiger partial charge on any atom is -0.465 e. The minimum absolute atomic E-state index is 0.294. The predicted octanol–water partition coefficient (Wildman–Crippen LogP) is 1.29. The Morgan fingerprint density at radius 2 is 2.41 bits per heavy atom. The lowest BCUT2D eigenvalue weighted by Gasteiger charge is -2.14. The van der Waals surface area contributed by atoms with Crippen molar-refractivity contribution in [3.63, 3.8) is 0 Å². The van der Waals surface area contributed by atoms with Crippen molar-refractivity contribution >= 4 is 17.3 Å². The molecule has 5 nitrogen and oxygen atoms in total. The van der Waals surface area contributed by atoms with E-state index in [9.17, 15) is 4.79 Å². The number of ether oxygens (including phenoxy) is 2. The van der Waals surface area contributed by atoms with Gasteiger partial charge in [0.25, 0.3) is 0 Å². The lowest BCUT2D eigenvalue weighted by Crippen LogP contribution is -2.32. The first-order valence-electron chi connectivity index (χ1n) is 5.50. The Labute approximate surface area is 105 Å². The van der Waals surface area contributed by atoms with Crippen molar-refractivity contribution in [1.29, 1.82) is 0 Å². The van der Waals surface area contributed by atoms with Crippen LogP contribution in [0.5, 0.6) is 0 Å². The lowest BCUT2D eigenvalue weighted by molar-refractivity contribution is -0.145. The van der Waals surface area contributed by atoms with Gasteiger partial charge in [-0.1, -0.05) is 0 Å². The van der Waals surface area contributed by atoms with E-state index in [4.69, 9.17) is 9.47 Å². The van der Waals surface area contributed by atoms with Crippen LogP contribution in [0.3, 0.4) is 0 Å². The summed E-state index contributed by atoms with van der Waals surface area (Å²) in [5, 5.41) is 5.73. The number of hydrogen-bond acceptors (Lipinski definition) is 6. The van der Waals surface area contributed by atoms with E-state index in [2.05, 4.69) is 10.3 Å². The number of aromatic nitrogens is 1. The van der Waals surface area contributed by atoms with Gasteiger partial charge in [-0.15, -0.1) is 11.3 Å². The molecule has 1 rings (SSSR count). The van der Waals surface area contributed by atoms with E-state index < -0.39 is 6.04 Å². The summed E-state index contributed by atoms with van der Waals surface area (Å²) >= 11 is 1.45. The van der Waals surface area contributed by atoms with Crippen molar-refractivity contribution in [1.82, 2.24) is 10.3 Å². The first-order chi connectivity index (χ1) is 8.19. The van der Waals surface area contributed by atoms with Crippen molar-refractivity contribution in [3.8, 4) is 0 Å². The van der Waals surface area contributed by atoms with Crippen LogP contribution in [0.2, 0.25) is 0 Å². The van der Waals surface area contributed by atoms with Crippen molar-refractivity contribution in [2.75, 3.05) is 26.9 Å². The summed E-state index contributed by atoms with van der Waals surface area (Å²) in [5.74, 6) is -0.294. The van der Waals surface area contributed by atoms with Gasteiger partial charge in [0.05, 0.1) is 13.2 Å². The predicted molar refractivity (Wildman–Crippen MR) is 66.1 cm³/mol. The zero-order valence-corrected chi connectivity index (χ0v) is 11.2. The van der Waals surface area contributed by atoms with Crippen molar-refractivity contribution < 1.29 is 14.3 Å². The summed E-state index contributed by atoms with van der Waals surface area (Å²) in [6.45, 7) is 5.18. The molecular formula is C11H18N2O3S. The van der Waals surface area contributed by atoms with Crippen molar-refractivity contribution in [3.05, 3.63) is 16.1 Å². The molecule has 0 spiro atoms. The van der Waals surface area contributed by atoms with Gasteiger partial charge in [0.2, 0.25) is 0 Å². The Morgan fingerprint density at radius 1 is 1.65 bits per heavy atom. The molecule has 1 N–H and O–H groups in total. The van der Waals surface area contributed by atoms with Gasteiger partial charge in [0.1, 0.15) is 5.01 Å². The van der Waals surface area contributed by atoms with Gasteiger partial charge in [0.15, 0.2) is 6.04 Å². The third kappa shape index (κ3) is 4.41. The van der Waals surface area contributed by atoms with E-state index >= 15 is 0 Å². The molecule has 6 heteroatoms. The number of rotatable bonds is 7. The largest absolute Gasteiger partial charge is 0.465 e. The summed E-state index contributed by atoms with van der Waals surface area (Å²) < 4.78 is 9.96. The van der Waals surface area contributed by atoms with Crippen LogP contribution < -0.4 is 5.32 Å². The summed E-state index contributed by atoms with van der Waals surface area (Å²) in [6, 6.07) is -0.496. The zero-order valence-electron chi connectivity index (χ0n) is 10.4. The van der Waals surface area contributed by atoms with E-state index in [1.54, 1.807) is 14.0 Å².